The van der Waals surface area contributed by atoms with Gasteiger partial charge in [0.25, 0.3) is 0 Å². The van der Waals surface area contributed by atoms with E-state index in [0.717, 1.165) is 33.8 Å². The highest BCUT2D eigenvalue weighted by molar-refractivity contribution is 7.13. The summed E-state index contributed by atoms with van der Waals surface area (Å²) in [7, 11) is 0. The third kappa shape index (κ3) is 5.97. The van der Waals surface area contributed by atoms with E-state index in [2.05, 4.69) is 15.7 Å². The van der Waals surface area contributed by atoms with Crippen molar-refractivity contribution in [2.45, 2.75) is 32.8 Å². The summed E-state index contributed by atoms with van der Waals surface area (Å²) in [5, 5.41) is 5.96. The molecule has 0 bridgehead atoms. The van der Waals surface area contributed by atoms with E-state index >= 15 is 0 Å². The van der Waals surface area contributed by atoms with Gasteiger partial charge in [-0.3, -0.25) is 9.78 Å². The van der Waals surface area contributed by atoms with Crippen molar-refractivity contribution in [3.05, 3.63) is 59.7 Å². The minimum atomic E-state index is 0.0333. The highest BCUT2D eigenvalue weighted by Crippen LogP contribution is 2.28. The van der Waals surface area contributed by atoms with Gasteiger partial charge in [-0.15, -0.1) is 11.3 Å². The highest BCUT2D eigenvalue weighted by Gasteiger charge is 2.08. The van der Waals surface area contributed by atoms with Crippen LogP contribution in [-0.4, -0.2) is 35.1 Å². The number of rotatable bonds is 9. The summed E-state index contributed by atoms with van der Waals surface area (Å²) in [6.07, 6.45) is 4.98. The molecule has 0 aliphatic carbocycles. The van der Waals surface area contributed by atoms with Crippen molar-refractivity contribution in [2.24, 2.45) is 0 Å². The van der Waals surface area contributed by atoms with E-state index in [0.29, 0.717) is 19.6 Å². The first-order chi connectivity index (χ1) is 13.6. The van der Waals surface area contributed by atoms with E-state index in [-0.39, 0.29) is 12.0 Å². The molecule has 0 atom stereocenters. The lowest BCUT2D eigenvalue weighted by molar-refractivity contribution is -0.120. The van der Waals surface area contributed by atoms with Gasteiger partial charge in [-0.2, -0.15) is 0 Å². The Balaban J connectivity index is 1.51. The van der Waals surface area contributed by atoms with E-state index in [9.17, 15) is 4.79 Å². The summed E-state index contributed by atoms with van der Waals surface area (Å²) in [4.78, 5) is 20.8. The summed E-state index contributed by atoms with van der Waals surface area (Å²) in [5.41, 5.74) is 4.05. The third-order valence-electron chi connectivity index (χ3n) is 4.14. The van der Waals surface area contributed by atoms with E-state index in [1.165, 1.54) is 0 Å². The van der Waals surface area contributed by atoms with Crippen molar-refractivity contribution in [3.63, 3.8) is 0 Å². The number of hydrogen-bond acceptors (Lipinski definition) is 5. The van der Waals surface area contributed by atoms with Crippen LogP contribution in [0.25, 0.3) is 21.8 Å². The minimum absolute atomic E-state index is 0.0333. The Morgan fingerprint density at radius 1 is 1.11 bits per heavy atom. The second-order valence-electron chi connectivity index (χ2n) is 6.77. The molecule has 1 N–H and O–H groups in total. The fourth-order valence-electron chi connectivity index (χ4n) is 2.69. The van der Waals surface area contributed by atoms with Gasteiger partial charge in [-0.05, 0) is 38.0 Å². The first kappa shape index (κ1) is 20.2. The quantitative estimate of drug-likeness (QED) is 0.547. The molecular weight excluding hydrogens is 370 g/mol. The van der Waals surface area contributed by atoms with Crippen LogP contribution in [0.2, 0.25) is 0 Å². The van der Waals surface area contributed by atoms with E-state index < -0.39 is 0 Å². The zero-order chi connectivity index (χ0) is 19.8. The van der Waals surface area contributed by atoms with E-state index in [4.69, 9.17) is 9.72 Å². The molecule has 1 aromatic carbocycles. The molecular formula is C22H25N3O2S. The first-order valence-corrected chi connectivity index (χ1v) is 10.3. The van der Waals surface area contributed by atoms with Gasteiger partial charge >= 0.3 is 0 Å². The summed E-state index contributed by atoms with van der Waals surface area (Å²) in [6.45, 7) is 5.32. The predicted octanol–water partition coefficient (Wildman–Crippen LogP) is 4.35. The lowest BCUT2D eigenvalue weighted by atomic mass is 10.1. The molecule has 0 spiro atoms. The number of carbonyl (C=O) groups excluding carboxylic acids is 1. The van der Waals surface area contributed by atoms with Crippen LogP contribution in [0.3, 0.4) is 0 Å². The maximum atomic E-state index is 12.1. The fraction of sp³-hybridized carbons (Fsp3) is 0.318. The number of ether oxygens (including phenoxy) is 1. The minimum Gasteiger partial charge on any atom is -0.379 e. The van der Waals surface area contributed by atoms with Crippen molar-refractivity contribution in [3.8, 4) is 21.8 Å². The Bertz CT molecular complexity index is 876. The topological polar surface area (TPSA) is 64.1 Å². The van der Waals surface area contributed by atoms with Crippen LogP contribution >= 0.6 is 11.3 Å². The maximum absolute atomic E-state index is 12.1. The standard InChI is InChI=1S/C22H25N3O2S/c1-16(2)27-13-3-10-24-21(26)14-17-4-6-18(7-5-17)20-15-28-22(25-20)19-8-11-23-12-9-19/h4-9,11-12,15-16H,3,10,13-14H2,1-2H3,(H,24,26). The molecule has 0 radical (unpaired) electrons. The molecule has 146 valence electrons. The highest BCUT2D eigenvalue weighted by atomic mass is 32.1. The monoisotopic (exact) mass is 395 g/mol. The van der Waals surface area contributed by atoms with Gasteiger partial charge in [-0.25, -0.2) is 4.98 Å². The second-order valence-corrected chi connectivity index (χ2v) is 7.63. The van der Waals surface area contributed by atoms with E-state index in [1.807, 2.05) is 50.2 Å². The number of nitrogens with zero attached hydrogens (tertiary/aromatic N) is 2. The Morgan fingerprint density at radius 3 is 2.57 bits per heavy atom. The molecule has 2 aromatic heterocycles. The molecule has 6 heteroatoms. The van der Waals surface area contributed by atoms with Crippen LogP contribution in [0, 0.1) is 0 Å². The lowest BCUT2D eigenvalue weighted by Crippen LogP contribution is -2.27. The van der Waals surface area contributed by atoms with Crippen molar-refractivity contribution < 1.29 is 9.53 Å². The number of carbonyl (C=O) groups is 1. The van der Waals surface area contributed by atoms with Crippen molar-refractivity contribution >= 4 is 17.2 Å². The molecule has 1 amide bonds. The van der Waals surface area contributed by atoms with E-state index in [1.54, 1.807) is 23.7 Å². The molecule has 5 nitrogen and oxygen atoms in total. The number of benzene rings is 1. The largest absolute Gasteiger partial charge is 0.379 e. The number of hydrogen-bond donors (Lipinski definition) is 1. The molecule has 0 aliphatic heterocycles. The molecule has 3 rings (SSSR count). The molecule has 2 heterocycles. The molecule has 0 aliphatic rings. The van der Waals surface area contributed by atoms with Crippen LogP contribution in [0.15, 0.2) is 54.2 Å². The van der Waals surface area contributed by atoms with Gasteiger partial charge in [0.05, 0.1) is 18.2 Å². The molecule has 0 unspecified atom stereocenters. The molecule has 28 heavy (non-hydrogen) atoms. The van der Waals surface area contributed by atoms with Gasteiger partial charge in [-0.1, -0.05) is 24.3 Å². The van der Waals surface area contributed by atoms with Gasteiger partial charge in [0.2, 0.25) is 5.91 Å². The Hall–Kier alpha value is -2.57. The number of pyridine rings is 1. The zero-order valence-electron chi connectivity index (χ0n) is 16.2. The molecule has 0 fully saturated rings. The average Bonchev–Trinajstić information content (AvgIpc) is 3.19. The third-order valence-corrected chi connectivity index (χ3v) is 5.03. The number of nitrogens with one attached hydrogen (secondary N) is 1. The fourth-order valence-corrected chi connectivity index (χ4v) is 3.53. The lowest BCUT2D eigenvalue weighted by Gasteiger charge is -2.08. The smallest absolute Gasteiger partial charge is 0.224 e. The number of thiazole rings is 1. The summed E-state index contributed by atoms with van der Waals surface area (Å²) in [5.74, 6) is 0.0333. The Labute approximate surface area is 169 Å². The SMILES string of the molecule is CC(C)OCCCNC(=O)Cc1ccc(-c2csc(-c3ccncc3)n2)cc1. The van der Waals surface area contributed by atoms with Crippen LogP contribution < -0.4 is 5.32 Å². The second kappa shape index (κ2) is 10.1. The zero-order valence-corrected chi connectivity index (χ0v) is 17.0. The van der Waals surface area contributed by atoms with Crippen molar-refractivity contribution in [1.82, 2.24) is 15.3 Å². The van der Waals surface area contributed by atoms with Gasteiger partial charge in [0.1, 0.15) is 5.01 Å². The van der Waals surface area contributed by atoms with Crippen LogP contribution in [-0.2, 0) is 16.0 Å². The van der Waals surface area contributed by atoms with Gasteiger partial charge in [0.15, 0.2) is 0 Å². The van der Waals surface area contributed by atoms with Crippen LogP contribution in [0.1, 0.15) is 25.8 Å². The summed E-state index contributed by atoms with van der Waals surface area (Å²) >= 11 is 1.61. The summed E-state index contributed by atoms with van der Waals surface area (Å²) in [6, 6.07) is 11.9. The number of aromatic nitrogens is 2. The van der Waals surface area contributed by atoms with Gasteiger partial charge in [0, 0.05) is 42.1 Å². The predicted molar refractivity (Wildman–Crippen MR) is 113 cm³/mol. The average molecular weight is 396 g/mol. The first-order valence-electron chi connectivity index (χ1n) is 9.45. The van der Waals surface area contributed by atoms with Crippen LogP contribution in [0.4, 0.5) is 0 Å². The van der Waals surface area contributed by atoms with Crippen molar-refractivity contribution in [1.29, 1.82) is 0 Å². The number of amides is 1. The van der Waals surface area contributed by atoms with Crippen molar-refractivity contribution in [2.75, 3.05) is 13.2 Å². The summed E-state index contributed by atoms with van der Waals surface area (Å²) < 4.78 is 5.47. The molecule has 3 aromatic rings. The normalized spacial score (nSPS) is 11.0. The Kier molecular flexibility index (Phi) is 7.28. The Morgan fingerprint density at radius 2 is 1.86 bits per heavy atom. The molecule has 0 saturated carbocycles. The molecule has 0 saturated heterocycles. The van der Waals surface area contributed by atoms with Crippen LogP contribution in [0.5, 0.6) is 0 Å². The van der Waals surface area contributed by atoms with Gasteiger partial charge < -0.3 is 10.1 Å². The maximum Gasteiger partial charge on any atom is 0.224 e.